The summed E-state index contributed by atoms with van der Waals surface area (Å²) >= 11 is 0. The molecule has 2 aliphatic heterocycles. The molecule has 0 aromatic rings. The van der Waals surface area contributed by atoms with E-state index in [1.165, 1.54) is 0 Å². The third kappa shape index (κ3) is 5.34. The highest BCUT2D eigenvalue weighted by atomic mass is 16.6. The summed E-state index contributed by atoms with van der Waals surface area (Å²) in [6.45, 7) is 9.00. The van der Waals surface area contributed by atoms with Gasteiger partial charge in [0.2, 0.25) is 0 Å². The summed E-state index contributed by atoms with van der Waals surface area (Å²) in [5, 5.41) is 0. The topological polar surface area (TPSA) is 43.5 Å². The number of unbranched alkanes of at least 4 members (excludes halogenated alkanes) is 2. The van der Waals surface area contributed by atoms with E-state index in [4.69, 9.17) is 18.9 Å². The largest absolute Gasteiger partial charge is 0.378 e. The first-order chi connectivity index (χ1) is 8.12. The van der Waals surface area contributed by atoms with E-state index in [0.29, 0.717) is 0 Å². The lowest BCUT2D eigenvalue weighted by Gasteiger charge is -2.08. The average Bonchev–Trinajstić information content (AvgIpc) is 3.19. The van der Waals surface area contributed by atoms with Crippen molar-refractivity contribution in [2.45, 2.75) is 44.3 Å². The molecule has 0 radical (unpaired) electrons. The predicted molar refractivity (Wildman–Crippen MR) is 64.2 cm³/mol. The minimum atomic E-state index is 0.0306. The summed E-state index contributed by atoms with van der Waals surface area (Å²) in [4.78, 5) is 0. The fourth-order valence-electron chi connectivity index (χ4n) is 1.57. The molecule has 0 amide bonds. The van der Waals surface area contributed by atoms with Gasteiger partial charge in [-0.05, 0) is 33.1 Å². The minimum absolute atomic E-state index is 0.0306. The van der Waals surface area contributed by atoms with Crippen LogP contribution < -0.4 is 0 Å². The Morgan fingerprint density at radius 3 is 1.59 bits per heavy atom. The third-order valence-corrected chi connectivity index (χ3v) is 3.17. The van der Waals surface area contributed by atoms with Crippen LogP contribution in [0.4, 0.5) is 0 Å². The van der Waals surface area contributed by atoms with Crippen molar-refractivity contribution in [2.75, 3.05) is 39.6 Å². The smallest absolute Gasteiger partial charge is 0.112 e. The van der Waals surface area contributed by atoms with Crippen LogP contribution in [0, 0.1) is 0 Å². The fraction of sp³-hybridized carbons (Fsp3) is 1.00. The highest BCUT2D eigenvalue weighted by Gasteiger charge is 2.39. The Morgan fingerprint density at radius 1 is 0.824 bits per heavy atom. The van der Waals surface area contributed by atoms with Gasteiger partial charge in [-0.3, -0.25) is 0 Å². The van der Waals surface area contributed by atoms with Crippen LogP contribution in [0.1, 0.15) is 33.1 Å². The second-order valence-electron chi connectivity index (χ2n) is 5.64. The van der Waals surface area contributed by atoms with Crippen molar-refractivity contribution in [1.82, 2.24) is 0 Å². The van der Waals surface area contributed by atoms with Crippen LogP contribution in [0.25, 0.3) is 0 Å². The molecule has 2 unspecified atom stereocenters. The Kier molecular flexibility index (Phi) is 4.42. The van der Waals surface area contributed by atoms with Gasteiger partial charge in [-0.1, -0.05) is 0 Å². The Hall–Kier alpha value is -0.160. The van der Waals surface area contributed by atoms with E-state index in [1.54, 1.807) is 0 Å². The van der Waals surface area contributed by atoms with Crippen LogP contribution in [0.5, 0.6) is 0 Å². The molecule has 2 aliphatic rings. The molecule has 0 aromatic heterocycles. The molecule has 2 fully saturated rings. The zero-order valence-electron chi connectivity index (χ0n) is 11.0. The number of ether oxygens (including phenoxy) is 4. The van der Waals surface area contributed by atoms with Crippen molar-refractivity contribution < 1.29 is 18.9 Å². The normalized spacial score (nSPS) is 34.9. The lowest BCUT2D eigenvalue weighted by Crippen LogP contribution is -2.15. The Morgan fingerprint density at radius 2 is 1.24 bits per heavy atom. The van der Waals surface area contributed by atoms with E-state index in [2.05, 4.69) is 13.8 Å². The maximum Gasteiger partial charge on any atom is 0.112 e. The molecule has 4 heteroatoms. The average molecular weight is 244 g/mol. The molecule has 4 nitrogen and oxygen atoms in total. The van der Waals surface area contributed by atoms with Crippen LogP contribution in [0.2, 0.25) is 0 Å². The van der Waals surface area contributed by atoms with Gasteiger partial charge in [0, 0.05) is 13.2 Å². The molecule has 0 saturated carbocycles. The lowest BCUT2D eigenvalue weighted by atomic mass is 10.2. The van der Waals surface area contributed by atoms with E-state index in [-0.39, 0.29) is 11.2 Å². The summed E-state index contributed by atoms with van der Waals surface area (Å²) < 4.78 is 21.6. The molecule has 2 rings (SSSR count). The van der Waals surface area contributed by atoms with Crippen molar-refractivity contribution >= 4 is 0 Å². The van der Waals surface area contributed by atoms with Gasteiger partial charge < -0.3 is 18.9 Å². The molecular weight excluding hydrogens is 220 g/mol. The summed E-state index contributed by atoms with van der Waals surface area (Å²) in [5.74, 6) is 0. The van der Waals surface area contributed by atoms with Gasteiger partial charge in [-0.2, -0.15) is 0 Å². The second kappa shape index (κ2) is 5.65. The SMILES string of the molecule is CC1(COCCCCCOCC2(C)CO2)CO1. The van der Waals surface area contributed by atoms with Gasteiger partial charge in [-0.15, -0.1) is 0 Å². The molecule has 2 heterocycles. The lowest BCUT2D eigenvalue weighted by molar-refractivity contribution is 0.0715. The predicted octanol–water partition coefficient (Wildman–Crippen LogP) is 1.77. The van der Waals surface area contributed by atoms with E-state index >= 15 is 0 Å². The summed E-state index contributed by atoms with van der Waals surface area (Å²) in [7, 11) is 0. The first-order valence-corrected chi connectivity index (χ1v) is 6.55. The third-order valence-electron chi connectivity index (χ3n) is 3.17. The zero-order chi connectivity index (χ0) is 12.2. The van der Waals surface area contributed by atoms with Gasteiger partial charge in [0.05, 0.1) is 26.4 Å². The zero-order valence-corrected chi connectivity index (χ0v) is 11.0. The number of epoxide rings is 2. The van der Waals surface area contributed by atoms with Gasteiger partial charge in [-0.25, -0.2) is 0 Å². The summed E-state index contributed by atoms with van der Waals surface area (Å²) in [5.41, 5.74) is 0.0612. The highest BCUT2D eigenvalue weighted by molar-refractivity contribution is 4.86. The molecule has 100 valence electrons. The van der Waals surface area contributed by atoms with Gasteiger partial charge in [0.25, 0.3) is 0 Å². The molecule has 0 N–H and O–H groups in total. The minimum Gasteiger partial charge on any atom is -0.378 e. The van der Waals surface area contributed by atoms with Crippen LogP contribution in [0.15, 0.2) is 0 Å². The van der Waals surface area contributed by atoms with Crippen LogP contribution >= 0.6 is 0 Å². The Balaban J connectivity index is 1.30. The number of hydrogen-bond acceptors (Lipinski definition) is 4. The van der Waals surface area contributed by atoms with Crippen molar-refractivity contribution in [3.8, 4) is 0 Å². The molecule has 17 heavy (non-hydrogen) atoms. The maximum absolute atomic E-state index is 5.55. The van der Waals surface area contributed by atoms with E-state index in [1.807, 2.05) is 0 Å². The molecule has 0 aromatic carbocycles. The first-order valence-electron chi connectivity index (χ1n) is 6.55. The van der Waals surface area contributed by atoms with Crippen molar-refractivity contribution in [1.29, 1.82) is 0 Å². The van der Waals surface area contributed by atoms with E-state index in [9.17, 15) is 0 Å². The van der Waals surface area contributed by atoms with E-state index in [0.717, 1.165) is 58.9 Å². The van der Waals surface area contributed by atoms with Crippen LogP contribution in [-0.2, 0) is 18.9 Å². The monoisotopic (exact) mass is 244 g/mol. The van der Waals surface area contributed by atoms with E-state index < -0.39 is 0 Å². The Bertz CT molecular complexity index is 210. The molecule has 0 aliphatic carbocycles. The molecule has 0 bridgehead atoms. The van der Waals surface area contributed by atoms with Crippen molar-refractivity contribution in [2.24, 2.45) is 0 Å². The highest BCUT2D eigenvalue weighted by Crippen LogP contribution is 2.26. The number of hydrogen-bond donors (Lipinski definition) is 0. The molecule has 0 spiro atoms. The summed E-state index contributed by atoms with van der Waals surface area (Å²) in [6.07, 6.45) is 3.37. The fourth-order valence-corrected chi connectivity index (χ4v) is 1.57. The van der Waals surface area contributed by atoms with Gasteiger partial charge in [0.15, 0.2) is 0 Å². The summed E-state index contributed by atoms with van der Waals surface area (Å²) in [6, 6.07) is 0. The molecule has 2 saturated heterocycles. The van der Waals surface area contributed by atoms with Crippen LogP contribution in [0.3, 0.4) is 0 Å². The van der Waals surface area contributed by atoms with Crippen molar-refractivity contribution in [3.05, 3.63) is 0 Å². The Labute approximate surface area is 104 Å². The number of rotatable bonds is 10. The van der Waals surface area contributed by atoms with Crippen molar-refractivity contribution in [3.63, 3.8) is 0 Å². The second-order valence-corrected chi connectivity index (χ2v) is 5.64. The molecule has 2 atom stereocenters. The van der Waals surface area contributed by atoms with Gasteiger partial charge in [0.1, 0.15) is 11.2 Å². The quantitative estimate of drug-likeness (QED) is 0.434. The first kappa shape index (κ1) is 13.3. The van der Waals surface area contributed by atoms with Crippen LogP contribution in [-0.4, -0.2) is 50.8 Å². The van der Waals surface area contributed by atoms with Gasteiger partial charge >= 0.3 is 0 Å². The molecular formula is C13H24O4. The maximum atomic E-state index is 5.55. The standard InChI is InChI=1S/C13H24O4/c1-12(10-16-12)8-14-6-4-3-5-7-15-9-13(2)11-17-13/h3-11H2,1-2H3.